The van der Waals surface area contributed by atoms with Gasteiger partial charge < -0.3 is 13.7 Å². The maximum Gasteiger partial charge on any atom is 0.331 e. The Hall–Kier alpha value is -2.60. The van der Waals surface area contributed by atoms with E-state index in [1.165, 1.54) is 6.08 Å². The molecule has 0 amide bonds. The van der Waals surface area contributed by atoms with Gasteiger partial charge in [-0.2, -0.15) is 0 Å². The molecule has 0 radical (unpaired) electrons. The Bertz CT molecular complexity index is 821. The molecule has 23 heavy (non-hydrogen) atoms. The summed E-state index contributed by atoms with van der Waals surface area (Å²) < 4.78 is 16.4. The molecule has 0 spiro atoms. The lowest BCUT2D eigenvalue weighted by atomic mass is 10.2. The molecule has 3 rings (SSSR count). The Balaban J connectivity index is 1.55. The van der Waals surface area contributed by atoms with Gasteiger partial charge in [-0.25, -0.2) is 4.79 Å². The average Bonchev–Trinajstić information content (AvgIpc) is 3.22. The van der Waals surface area contributed by atoms with Crippen LogP contribution in [0.15, 0.2) is 68.2 Å². The number of esters is 1. The van der Waals surface area contributed by atoms with Crippen molar-refractivity contribution < 1.29 is 18.5 Å². The molecule has 3 aromatic rings. The standard InChI is InChI=1S/C17H12BrNO4/c18-13-4-1-3-12(9-13)6-7-17(20)22-11-14-10-16(23-19-14)15-5-2-8-21-15/h1-10H,11H2/b7-6+. The van der Waals surface area contributed by atoms with Gasteiger partial charge >= 0.3 is 5.97 Å². The molecule has 0 aliphatic rings. The third kappa shape index (κ3) is 4.20. The molecule has 0 unspecified atom stereocenters. The van der Waals surface area contributed by atoms with E-state index in [4.69, 9.17) is 13.7 Å². The molecule has 1 aromatic carbocycles. The molecule has 5 nitrogen and oxygen atoms in total. The summed E-state index contributed by atoms with van der Waals surface area (Å²) in [6, 6.07) is 12.8. The van der Waals surface area contributed by atoms with E-state index in [0.717, 1.165) is 10.0 Å². The van der Waals surface area contributed by atoms with E-state index in [1.54, 1.807) is 30.5 Å². The topological polar surface area (TPSA) is 65.5 Å². The van der Waals surface area contributed by atoms with E-state index in [2.05, 4.69) is 21.1 Å². The summed E-state index contributed by atoms with van der Waals surface area (Å²) in [5.41, 5.74) is 1.42. The van der Waals surface area contributed by atoms with Gasteiger partial charge in [-0.1, -0.05) is 33.2 Å². The van der Waals surface area contributed by atoms with Crippen molar-refractivity contribution in [1.82, 2.24) is 5.16 Å². The molecule has 0 aliphatic heterocycles. The van der Waals surface area contributed by atoms with Gasteiger partial charge in [-0.15, -0.1) is 0 Å². The predicted molar refractivity (Wildman–Crippen MR) is 87.2 cm³/mol. The van der Waals surface area contributed by atoms with Crippen molar-refractivity contribution in [2.24, 2.45) is 0 Å². The van der Waals surface area contributed by atoms with Crippen molar-refractivity contribution in [2.75, 3.05) is 0 Å². The van der Waals surface area contributed by atoms with Gasteiger partial charge in [-0.3, -0.25) is 0 Å². The third-order valence-corrected chi connectivity index (χ3v) is 3.44. The van der Waals surface area contributed by atoms with Gasteiger partial charge in [0, 0.05) is 16.6 Å². The van der Waals surface area contributed by atoms with Crippen molar-refractivity contribution in [3.05, 3.63) is 70.5 Å². The molecule has 0 saturated carbocycles. The lowest BCUT2D eigenvalue weighted by Crippen LogP contribution is -2.00. The number of rotatable bonds is 5. The highest BCUT2D eigenvalue weighted by molar-refractivity contribution is 9.10. The first kappa shape index (κ1) is 15.3. The zero-order chi connectivity index (χ0) is 16.1. The van der Waals surface area contributed by atoms with E-state index < -0.39 is 5.97 Å². The Morgan fingerprint density at radius 2 is 2.13 bits per heavy atom. The third-order valence-electron chi connectivity index (χ3n) is 2.95. The molecule has 0 atom stereocenters. The summed E-state index contributed by atoms with van der Waals surface area (Å²) in [5.74, 6) is 0.614. The highest BCUT2D eigenvalue weighted by atomic mass is 79.9. The van der Waals surface area contributed by atoms with Gasteiger partial charge in [0.15, 0.2) is 5.76 Å². The Morgan fingerprint density at radius 3 is 2.91 bits per heavy atom. The minimum absolute atomic E-state index is 0.0336. The molecule has 0 aliphatic carbocycles. The smallest absolute Gasteiger partial charge is 0.331 e. The predicted octanol–water partition coefficient (Wildman–Crippen LogP) is 4.45. The van der Waals surface area contributed by atoms with Gasteiger partial charge in [0.2, 0.25) is 5.76 Å². The van der Waals surface area contributed by atoms with Crippen molar-refractivity contribution in [2.45, 2.75) is 6.61 Å². The number of aromatic nitrogens is 1. The summed E-state index contributed by atoms with van der Waals surface area (Å²) in [6.45, 7) is 0.0336. The molecular weight excluding hydrogens is 362 g/mol. The van der Waals surface area contributed by atoms with Crippen LogP contribution in [-0.2, 0) is 16.1 Å². The first-order valence-electron chi connectivity index (χ1n) is 6.80. The van der Waals surface area contributed by atoms with Gasteiger partial charge in [0.25, 0.3) is 0 Å². The maximum absolute atomic E-state index is 11.7. The van der Waals surface area contributed by atoms with Crippen LogP contribution in [0.25, 0.3) is 17.6 Å². The second-order valence-corrected chi connectivity index (χ2v) is 5.57. The normalized spacial score (nSPS) is 11.0. The van der Waals surface area contributed by atoms with Gasteiger partial charge in [-0.05, 0) is 35.9 Å². The number of benzene rings is 1. The Labute approximate surface area is 140 Å². The van der Waals surface area contributed by atoms with E-state index in [-0.39, 0.29) is 6.61 Å². The number of carbonyl (C=O) groups is 1. The average molecular weight is 374 g/mol. The van der Waals surface area contributed by atoms with E-state index in [9.17, 15) is 4.79 Å². The molecular formula is C17H12BrNO4. The summed E-state index contributed by atoms with van der Waals surface area (Å²) in [4.78, 5) is 11.7. The molecule has 0 fully saturated rings. The monoisotopic (exact) mass is 373 g/mol. The van der Waals surface area contributed by atoms with Crippen molar-refractivity contribution in [3.8, 4) is 11.5 Å². The number of hydrogen-bond acceptors (Lipinski definition) is 5. The lowest BCUT2D eigenvalue weighted by molar-refractivity contribution is -0.139. The fourth-order valence-corrected chi connectivity index (χ4v) is 2.30. The zero-order valence-electron chi connectivity index (χ0n) is 11.9. The molecule has 0 saturated heterocycles. The highest BCUT2D eigenvalue weighted by Gasteiger charge is 2.10. The number of halogens is 1. The number of carbonyl (C=O) groups excluding carboxylic acids is 1. The number of hydrogen-bond donors (Lipinski definition) is 0. The van der Waals surface area contributed by atoms with Crippen LogP contribution in [0.1, 0.15) is 11.3 Å². The molecule has 0 bridgehead atoms. The highest BCUT2D eigenvalue weighted by Crippen LogP contribution is 2.20. The maximum atomic E-state index is 11.7. The molecule has 2 heterocycles. The van der Waals surface area contributed by atoms with Crippen molar-refractivity contribution in [3.63, 3.8) is 0 Å². The minimum atomic E-state index is -0.451. The number of nitrogens with zero attached hydrogens (tertiary/aromatic N) is 1. The summed E-state index contributed by atoms with van der Waals surface area (Å²) in [5, 5.41) is 3.83. The summed E-state index contributed by atoms with van der Waals surface area (Å²) in [6.07, 6.45) is 4.60. The molecule has 6 heteroatoms. The van der Waals surface area contributed by atoms with Crippen LogP contribution < -0.4 is 0 Å². The number of ether oxygens (including phenoxy) is 1. The second kappa shape index (κ2) is 7.11. The number of furan rings is 1. The quantitative estimate of drug-likeness (QED) is 0.488. The van der Waals surface area contributed by atoms with Gasteiger partial charge in [0.1, 0.15) is 12.3 Å². The van der Waals surface area contributed by atoms with Crippen LogP contribution in [0.5, 0.6) is 0 Å². The van der Waals surface area contributed by atoms with Crippen LogP contribution in [0.3, 0.4) is 0 Å². The Kier molecular flexibility index (Phi) is 4.73. The summed E-state index contributed by atoms with van der Waals surface area (Å²) >= 11 is 3.37. The second-order valence-electron chi connectivity index (χ2n) is 4.66. The lowest BCUT2D eigenvalue weighted by Gasteiger charge is -1.98. The fraction of sp³-hybridized carbons (Fsp3) is 0.0588. The SMILES string of the molecule is O=C(/C=C/c1cccc(Br)c1)OCc1cc(-c2ccco2)on1. The van der Waals surface area contributed by atoms with Crippen molar-refractivity contribution in [1.29, 1.82) is 0 Å². The molecule has 116 valence electrons. The minimum Gasteiger partial charge on any atom is -0.461 e. The molecule has 0 N–H and O–H groups in total. The molecule has 2 aromatic heterocycles. The first-order chi connectivity index (χ1) is 11.2. The van der Waals surface area contributed by atoms with Crippen molar-refractivity contribution >= 4 is 28.0 Å². The largest absolute Gasteiger partial charge is 0.461 e. The summed E-state index contributed by atoms with van der Waals surface area (Å²) in [7, 11) is 0. The zero-order valence-corrected chi connectivity index (χ0v) is 13.5. The Morgan fingerprint density at radius 1 is 1.22 bits per heavy atom. The fourth-order valence-electron chi connectivity index (χ4n) is 1.88. The van der Waals surface area contributed by atoms with Crippen LogP contribution in [0.2, 0.25) is 0 Å². The van der Waals surface area contributed by atoms with E-state index in [0.29, 0.717) is 17.2 Å². The first-order valence-corrected chi connectivity index (χ1v) is 7.60. The van der Waals surface area contributed by atoms with E-state index in [1.807, 2.05) is 24.3 Å². The van der Waals surface area contributed by atoms with Crippen LogP contribution >= 0.6 is 15.9 Å². The van der Waals surface area contributed by atoms with Crippen LogP contribution in [-0.4, -0.2) is 11.1 Å². The van der Waals surface area contributed by atoms with Crippen LogP contribution in [0.4, 0.5) is 0 Å². The van der Waals surface area contributed by atoms with Gasteiger partial charge in [0.05, 0.1) is 6.26 Å². The van der Waals surface area contributed by atoms with Crippen LogP contribution in [0, 0.1) is 0 Å². The van der Waals surface area contributed by atoms with E-state index >= 15 is 0 Å².